The first kappa shape index (κ1) is 25.3. The number of rotatable bonds is 5. The topological polar surface area (TPSA) is 8.72 Å². The molecule has 0 amide bonds. The smallest absolute Gasteiger partial charge is 0.312 e. The molecule has 2 nitrogen and oxygen atoms in total. The first-order chi connectivity index (χ1) is 14.1. The lowest BCUT2D eigenvalue weighted by molar-refractivity contribution is -0.139. The van der Waals surface area contributed by atoms with Crippen molar-refractivity contribution in [2.24, 2.45) is 0 Å². The third-order valence-electron chi connectivity index (χ3n) is 3.96. The van der Waals surface area contributed by atoms with E-state index in [1.54, 1.807) is 0 Å². The molecule has 160 valence electrons. The van der Waals surface area contributed by atoms with E-state index >= 15 is 0 Å². The maximum atomic E-state index is 12.7. The molecule has 30 heavy (non-hydrogen) atoms. The summed E-state index contributed by atoms with van der Waals surface area (Å²) in [6.07, 6.45) is -7.90. The highest BCUT2D eigenvalue weighted by molar-refractivity contribution is 6.17. The van der Waals surface area contributed by atoms with Gasteiger partial charge in [0.25, 0.3) is 0 Å². The molecule has 0 saturated heterocycles. The van der Waals surface area contributed by atoms with E-state index in [1.807, 2.05) is 0 Å². The van der Waals surface area contributed by atoms with Gasteiger partial charge >= 0.3 is 12.4 Å². The third-order valence-corrected chi connectivity index (χ3v) is 4.23. The van der Waals surface area contributed by atoms with Gasteiger partial charge in [-0.25, -0.2) is 13.1 Å². The molecule has 2 rings (SSSR count). The van der Waals surface area contributed by atoms with Crippen LogP contribution >= 0.6 is 11.6 Å². The minimum absolute atomic E-state index is 0.0324. The fourth-order valence-electron chi connectivity index (χ4n) is 2.63. The lowest BCUT2D eigenvalue weighted by Gasteiger charge is -2.13. The minimum Gasteiger partial charge on any atom is -0.312 e. The number of benzene rings is 2. The second kappa shape index (κ2) is 11.5. The van der Waals surface area contributed by atoms with Crippen molar-refractivity contribution in [3.05, 3.63) is 93.6 Å². The summed E-state index contributed by atoms with van der Waals surface area (Å²) in [5.74, 6) is 0.347. The van der Waals surface area contributed by atoms with Gasteiger partial charge in [-0.15, -0.1) is 11.6 Å². The van der Waals surface area contributed by atoms with E-state index < -0.39 is 29.5 Å². The van der Waals surface area contributed by atoms with Crippen LogP contribution < -0.4 is 0 Å². The fourth-order valence-corrected chi connectivity index (χ4v) is 2.78. The van der Waals surface area contributed by atoms with Gasteiger partial charge < -0.3 is 9.69 Å². The van der Waals surface area contributed by atoms with Gasteiger partial charge in [-0.1, -0.05) is 36.4 Å². The molecule has 0 aromatic heterocycles. The molecule has 0 aliphatic carbocycles. The molecule has 0 radical (unpaired) electrons. The Morgan fingerprint density at radius 3 is 1.87 bits per heavy atom. The van der Waals surface area contributed by atoms with Crippen LogP contribution in [0.25, 0.3) is 9.69 Å². The molecule has 0 spiro atoms. The van der Waals surface area contributed by atoms with Crippen LogP contribution in [-0.2, 0) is 18.9 Å². The standard InChI is InChI=1S/C12H11ClF3N.C9H6F3N/c1-17-11(7-4-8-13)9-5-2-3-6-10(9)12(14,15)16;1-13-6-7-4-2-3-5-8(7)9(10,11)12/h2-3,5-6,11H,4,7-8H2;2-5H,6H2. The summed E-state index contributed by atoms with van der Waals surface area (Å²) >= 11 is 5.49. The molecule has 9 heteroatoms. The molecule has 0 N–H and O–H groups in total. The largest absolute Gasteiger partial charge is 0.416 e. The summed E-state index contributed by atoms with van der Waals surface area (Å²) < 4.78 is 75.0. The Kier molecular flexibility index (Phi) is 9.68. The van der Waals surface area contributed by atoms with Crippen molar-refractivity contribution >= 4 is 11.6 Å². The van der Waals surface area contributed by atoms with Crippen molar-refractivity contribution in [3.8, 4) is 0 Å². The monoisotopic (exact) mass is 446 g/mol. The maximum absolute atomic E-state index is 12.7. The van der Waals surface area contributed by atoms with Gasteiger partial charge in [-0.3, -0.25) is 0 Å². The van der Waals surface area contributed by atoms with Gasteiger partial charge in [0.15, 0.2) is 0 Å². The third kappa shape index (κ3) is 7.61. The van der Waals surface area contributed by atoms with Crippen LogP contribution in [0.3, 0.4) is 0 Å². The lowest BCUT2D eigenvalue weighted by Crippen LogP contribution is -2.10. The molecular weight excluding hydrogens is 430 g/mol. The van der Waals surface area contributed by atoms with E-state index in [1.165, 1.54) is 36.4 Å². The fraction of sp³-hybridized carbons (Fsp3) is 0.333. The van der Waals surface area contributed by atoms with Crippen LogP contribution in [-0.4, -0.2) is 5.88 Å². The van der Waals surface area contributed by atoms with Crippen LogP contribution in [0.2, 0.25) is 0 Å². The van der Waals surface area contributed by atoms with Crippen LogP contribution in [0.5, 0.6) is 0 Å². The molecular formula is C21H17ClF6N2. The van der Waals surface area contributed by atoms with E-state index in [0.29, 0.717) is 18.7 Å². The normalized spacial score (nSPS) is 12.2. The van der Waals surface area contributed by atoms with Gasteiger partial charge in [0, 0.05) is 23.4 Å². The highest BCUT2D eigenvalue weighted by atomic mass is 35.5. The number of alkyl halides is 7. The predicted molar refractivity (Wildman–Crippen MR) is 102 cm³/mol. The molecule has 0 saturated carbocycles. The molecule has 2 aromatic carbocycles. The molecule has 1 atom stereocenters. The Balaban J connectivity index is 0.000000311. The van der Waals surface area contributed by atoms with Gasteiger partial charge in [0.2, 0.25) is 12.6 Å². The first-order valence-electron chi connectivity index (χ1n) is 8.63. The minimum atomic E-state index is -4.42. The second-order valence-corrected chi connectivity index (χ2v) is 6.41. The zero-order chi connectivity index (χ0) is 22.8. The van der Waals surface area contributed by atoms with Gasteiger partial charge in [-0.05, 0) is 18.6 Å². The number of hydrogen-bond donors (Lipinski definition) is 0. The second-order valence-electron chi connectivity index (χ2n) is 6.03. The summed E-state index contributed by atoms with van der Waals surface area (Å²) in [4.78, 5) is 6.19. The number of hydrogen-bond acceptors (Lipinski definition) is 0. The summed E-state index contributed by atoms with van der Waals surface area (Å²) in [7, 11) is 0. The summed E-state index contributed by atoms with van der Waals surface area (Å²) in [5, 5.41) is 0. The molecule has 0 aliphatic heterocycles. The maximum Gasteiger partial charge on any atom is 0.416 e. The number of halogens is 7. The Hall–Kier alpha value is -2.71. The van der Waals surface area contributed by atoms with Crippen molar-refractivity contribution < 1.29 is 26.3 Å². The van der Waals surface area contributed by atoms with Crippen molar-refractivity contribution in [2.45, 2.75) is 37.8 Å². The van der Waals surface area contributed by atoms with E-state index in [0.717, 1.165) is 12.1 Å². The first-order valence-corrected chi connectivity index (χ1v) is 9.16. The molecule has 0 aliphatic rings. The molecule has 0 fully saturated rings. The SMILES string of the molecule is [C-]#[N+]C(CCCCl)c1ccccc1C(F)(F)F.[C-]#[N+]Cc1ccccc1C(F)(F)F. The van der Waals surface area contributed by atoms with Crippen molar-refractivity contribution in [3.63, 3.8) is 0 Å². The zero-order valence-electron chi connectivity index (χ0n) is 15.6. The lowest BCUT2D eigenvalue weighted by atomic mass is 9.97. The summed E-state index contributed by atoms with van der Waals surface area (Å²) in [6, 6.07) is 9.56. The van der Waals surface area contributed by atoms with Crippen LogP contribution in [0.15, 0.2) is 48.5 Å². The Labute approximate surface area is 175 Å². The van der Waals surface area contributed by atoms with Crippen LogP contribution in [0.1, 0.15) is 41.1 Å². The van der Waals surface area contributed by atoms with E-state index in [-0.39, 0.29) is 17.7 Å². The van der Waals surface area contributed by atoms with E-state index in [9.17, 15) is 26.3 Å². The highest BCUT2D eigenvalue weighted by Crippen LogP contribution is 2.37. The van der Waals surface area contributed by atoms with Crippen molar-refractivity contribution in [2.75, 3.05) is 5.88 Å². The molecule has 1 unspecified atom stereocenters. The predicted octanol–water partition coefficient (Wildman–Crippen LogP) is 7.81. The van der Waals surface area contributed by atoms with Crippen LogP contribution in [0.4, 0.5) is 26.3 Å². The molecule has 2 aromatic rings. The number of nitrogens with zero attached hydrogens (tertiary/aromatic N) is 2. The highest BCUT2D eigenvalue weighted by Gasteiger charge is 2.36. The Bertz CT molecular complexity index is 894. The quantitative estimate of drug-likeness (QED) is 0.251. The summed E-state index contributed by atoms with van der Waals surface area (Å²) in [6.45, 7) is 13.3. The zero-order valence-corrected chi connectivity index (χ0v) is 16.3. The van der Waals surface area contributed by atoms with Gasteiger partial charge in [0.05, 0.1) is 11.1 Å². The van der Waals surface area contributed by atoms with E-state index in [4.69, 9.17) is 24.7 Å². The molecule has 0 heterocycles. The Morgan fingerprint density at radius 1 is 0.833 bits per heavy atom. The molecule has 0 bridgehead atoms. The van der Waals surface area contributed by atoms with E-state index in [2.05, 4.69) is 9.69 Å². The summed E-state index contributed by atoms with van der Waals surface area (Å²) in [5.41, 5.74) is -1.37. The van der Waals surface area contributed by atoms with Crippen molar-refractivity contribution in [1.29, 1.82) is 0 Å². The Morgan fingerprint density at radius 2 is 1.37 bits per heavy atom. The van der Waals surface area contributed by atoms with Gasteiger partial charge in [-0.2, -0.15) is 26.3 Å². The van der Waals surface area contributed by atoms with Crippen molar-refractivity contribution in [1.82, 2.24) is 0 Å². The average molecular weight is 447 g/mol. The van der Waals surface area contributed by atoms with Gasteiger partial charge in [0.1, 0.15) is 0 Å². The van der Waals surface area contributed by atoms with Crippen LogP contribution in [0, 0.1) is 13.1 Å². The average Bonchev–Trinajstić information content (AvgIpc) is 2.68.